The monoisotopic (exact) mass is 530 g/mol. The maximum Gasteiger partial charge on any atom is 0.130 e. The molecule has 1 N–H and O–H groups in total. The zero-order chi connectivity index (χ0) is 27.7. The van der Waals surface area contributed by atoms with E-state index < -0.39 is 11.1 Å². The molecule has 1 aliphatic heterocycles. The maximum atomic E-state index is 4.65. The van der Waals surface area contributed by atoms with E-state index in [9.17, 15) is 0 Å². The van der Waals surface area contributed by atoms with Gasteiger partial charge in [0.25, 0.3) is 0 Å². The van der Waals surface area contributed by atoms with E-state index in [1.807, 2.05) is 36.7 Å². The molecule has 4 heteroatoms. The largest absolute Gasteiger partial charge is 0.295 e. The summed E-state index contributed by atoms with van der Waals surface area (Å²) in [6.45, 7) is 2.23. The first-order valence-electron chi connectivity index (χ1n) is 13.9. The summed E-state index contributed by atoms with van der Waals surface area (Å²) in [6.07, 6.45) is 8.15. The first-order chi connectivity index (χ1) is 20.2. The quantitative estimate of drug-likeness (QED) is 0.223. The summed E-state index contributed by atoms with van der Waals surface area (Å²) in [5.74, 6) is 0. The predicted octanol–water partition coefficient (Wildman–Crippen LogP) is 7.84. The van der Waals surface area contributed by atoms with Crippen LogP contribution in [-0.4, -0.2) is 15.0 Å². The number of hydrogen-bond acceptors (Lipinski definition) is 4. The minimum absolute atomic E-state index is 0.463. The van der Waals surface area contributed by atoms with Crippen molar-refractivity contribution in [3.63, 3.8) is 0 Å². The zero-order valence-corrected chi connectivity index (χ0v) is 22.9. The third kappa shape index (κ3) is 4.21. The van der Waals surface area contributed by atoms with Gasteiger partial charge < -0.3 is 0 Å². The first-order valence-corrected chi connectivity index (χ1v) is 13.9. The molecule has 3 heterocycles. The lowest BCUT2D eigenvalue weighted by molar-refractivity contribution is 0.133. The van der Waals surface area contributed by atoms with Crippen LogP contribution in [0.1, 0.15) is 29.2 Å². The van der Waals surface area contributed by atoms with E-state index >= 15 is 0 Å². The molecule has 0 aliphatic carbocycles. The average Bonchev–Trinajstić information content (AvgIpc) is 3.46. The van der Waals surface area contributed by atoms with Crippen molar-refractivity contribution in [2.75, 3.05) is 0 Å². The van der Waals surface area contributed by atoms with Crippen LogP contribution in [0.2, 0.25) is 0 Å². The molecule has 0 radical (unpaired) electrons. The lowest BCUT2D eigenvalue weighted by atomic mass is 9.76. The molecular formula is C37H30N4. The number of hydrazine groups is 1. The molecule has 41 heavy (non-hydrogen) atoms. The molecule has 1 atom stereocenters. The van der Waals surface area contributed by atoms with E-state index in [0.29, 0.717) is 0 Å². The number of benzene rings is 4. The summed E-state index contributed by atoms with van der Waals surface area (Å²) < 4.78 is 0. The van der Waals surface area contributed by atoms with Crippen molar-refractivity contribution in [1.29, 1.82) is 0 Å². The minimum atomic E-state index is -0.602. The van der Waals surface area contributed by atoms with E-state index in [1.54, 1.807) is 0 Å². The van der Waals surface area contributed by atoms with Crippen LogP contribution in [0, 0.1) is 0 Å². The number of rotatable bonds is 6. The highest BCUT2D eigenvalue weighted by Crippen LogP contribution is 2.45. The number of pyridine rings is 2. The second kappa shape index (κ2) is 10.2. The van der Waals surface area contributed by atoms with Gasteiger partial charge in [-0.3, -0.25) is 15.0 Å². The number of aromatic nitrogens is 2. The highest BCUT2D eigenvalue weighted by molar-refractivity contribution is 5.93. The second-order valence-corrected chi connectivity index (χ2v) is 10.6. The van der Waals surface area contributed by atoms with E-state index in [0.717, 1.165) is 27.7 Å². The Kier molecular flexibility index (Phi) is 6.18. The van der Waals surface area contributed by atoms with Gasteiger partial charge in [0.15, 0.2) is 0 Å². The molecule has 0 fully saturated rings. The molecule has 0 spiro atoms. The maximum absolute atomic E-state index is 4.65. The van der Waals surface area contributed by atoms with E-state index in [-0.39, 0.29) is 0 Å². The summed E-state index contributed by atoms with van der Waals surface area (Å²) in [4.78, 5) is 9.28. The Labute approximate surface area is 240 Å². The molecule has 1 unspecified atom stereocenters. The molecule has 0 saturated heterocycles. The Morgan fingerprint density at radius 1 is 0.634 bits per heavy atom. The fraction of sp³-hybridized carbons (Fsp3) is 0.0811. The van der Waals surface area contributed by atoms with Crippen LogP contribution < -0.4 is 5.43 Å². The Balaban J connectivity index is 1.37. The molecule has 0 bridgehead atoms. The van der Waals surface area contributed by atoms with Gasteiger partial charge in [-0.2, -0.15) is 0 Å². The molecule has 6 aromatic rings. The number of fused-ring (bicyclic) bond motifs is 1. The molecule has 2 aromatic heterocycles. The molecule has 4 aromatic carbocycles. The SMILES string of the molecule is CC1(c2ccc3nccc(-c4ccccn4)c3c2)C=CN(C(c2ccccc2)(c2ccccc2)c2ccccc2)N1. The van der Waals surface area contributed by atoms with Crippen LogP contribution in [0.3, 0.4) is 0 Å². The van der Waals surface area contributed by atoms with Crippen LogP contribution in [0.5, 0.6) is 0 Å². The number of hydrogen-bond donors (Lipinski definition) is 1. The van der Waals surface area contributed by atoms with Gasteiger partial charge in [-0.25, -0.2) is 5.43 Å². The highest BCUT2D eigenvalue weighted by Gasteiger charge is 2.46. The topological polar surface area (TPSA) is 41.1 Å². The summed E-state index contributed by atoms with van der Waals surface area (Å²) in [5, 5.41) is 3.36. The fourth-order valence-corrected chi connectivity index (χ4v) is 6.07. The molecular weight excluding hydrogens is 500 g/mol. The van der Waals surface area contributed by atoms with Crippen LogP contribution in [0.4, 0.5) is 0 Å². The lowest BCUT2D eigenvalue weighted by Crippen LogP contribution is -2.54. The van der Waals surface area contributed by atoms with E-state index in [4.69, 9.17) is 0 Å². The standard InChI is InChI=1S/C37H30N4/c1-36(31-20-21-35-33(27-31)32(22-25-39-35)34-19-11-12-24-38-34)23-26-41(40-36)37(28-13-5-2-6-14-28,29-15-7-3-8-16-29)30-17-9-4-10-18-30/h2-27,40H,1H3. The molecule has 7 rings (SSSR count). The Hall–Kier alpha value is -5.06. The van der Waals surface area contributed by atoms with Crippen molar-refractivity contribution in [3.8, 4) is 11.3 Å². The fourth-order valence-electron chi connectivity index (χ4n) is 6.07. The van der Waals surface area contributed by atoms with Crippen molar-refractivity contribution in [2.45, 2.75) is 18.0 Å². The summed E-state index contributed by atoms with van der Waals surface area (Å²) in [7, 11) is 0. The summed E-state index contributed by atoms with van der Waals surface area (Å²) >= 11 is 0. The zero-order valence-electron chi connectivity index (χ0n) is 22.9. The van der Waals surface area contributed by atoms with Crippen LogP contribution in [-0.2, 0) is 11.1 Å². The second-order valence-electron chi connectivity index (χ2n) is 10.6. The summed E-state index contributed by atoms with van der Waals surface area (Å²) in [5.41, 5.74) is 10.5. The third-order valence-electron chi connectivity index (χ3n) is 8.13. The minimum Gasteiger partial charge on any atom is -0.295 e. The smallest absolute Gasteiger partial charge is 0.130 e. The molecule has 198 valence electrons. The van der Waals surface area contributed by atoms with Gasteiger partial charge in [0.1, 0.15) is 5.54 Å². The predicted molar refractivity (Wildman–Crippen MR) is 166 cm³/mol. The van der Waals surface area contributed by atoms with Crippen molar-refractivity contribution in [2.24, 2.45) is 0 Å². The van der Waals surface area contributed by atoms with Crippen molar-refractivity contribution < 1.29 is 0 Å². The average molecular weight is 531 g/mol. The van der Waals surface area contributed by atoms with Gasteiger partial charge in [-0.1, -0.05) is 103 Å². The van der Waals surface area contributed by atoms with Gasteiger partial charge >= 0.3 is 0 Å². The Morgan fingerprint density at radius 2 is 1.24 bits per heavy atom. The number of nitrogens with one attached hydrogen (secondary N) is 1. The molecule has 0 saturated carbocycles. The normalized spacial score (nSPS) is 16.8. The van der Waals surface area contributed by atoms with Gasteiger partial charge in [-0.05, 0) is 65.6 Å². The first kappa shape index (κ1) is 24.9. The Bertz CT molecular complexity index is 1720. The third-order valence-corrected chi connectivity index (χ3v) is 8.13. The van der Waals surface area contributed by atoms with E-state index in [1.165, 1.54) is 16.7 Å². The van der Waals surface area contributed by atoms with Crippen LogP contribution >= 0.6 is 0 Å². The van der Waals surface area contributed by atoms with Gasteiger partial charge in [-0.15, -0.1) is 0 Å². The molecule has 0 amide bonds. The van der Waals surface area contributed by atoms with E-state index in [2.05, 4.69) is 149 Å². The lowest BCUT2D eigenvalue weighted by Gasteiger charge is -2.45. The molecule has 4 nitrogen and oxygen atoms in total. The van der Waals surface area contributed by atoms with Gasteiger partial charge in [0, 0.05) is 29.5 Å². The van der Waals surface area contributed by atoms with Crippen molar-refractivity contribution in [3.05, 3.63) is 180 Å². The summed E-state index contributed by atoms with van der Waals surface area (Å²) in [6, 6.07) is 46.8. The highest BCUT2D eigenvalue weighted by atomic mass is 15.6. The Morgan fingerprint density at radius 3 is 1.83 bits per heavy atom. The van der Waals surface area contributed by atoms with Gasteiger partial charge in [0.05, 0.1) is 16.7 Å². The molecule has 1 aliphatic rings. The number of nitrogens with zero attached hydrogens (tertiary/aromatic N) is 3. The van der Waals surface area contributed by atoms with Crippen molar-refractivity contribution >= 4 is 10.9 Å². The van der Waals surface area contributed by atoms with Crippen LogP contribution in [0.25, 0.3) is 22.2 Å². The van der Waals surface area contributed by atoms with Crippen LogP contribution in [0.15, 0.2) is 158 Å². The van der Waals surface area contributed by atoms with Gasteiger partial charge in [0.2, 0.25) is 0 Å². The van der Waals surface area contributed by atoms with Crippen molar-refractivity contribution in [1.82, 2.24) is 20.4 Å².